The summed E-state index contributed by atoms with van der Waals surface area (Å²) in [6.07, 6.45) is -2.00. The number of rotatable bonds is 3. The van der Waals surface area contributed by atoms with Gasteiger partial charge >= 0.3 is 6.18 Å². The maximum Gasteiger partial charge on any atom is 0.417 e. The monoisotopic (exact) mass is 402 g/mol. The first kappa shape index (κ1) is 18.9. The van der Waals surface area contributed by atoms with Crippen molar-refractivity contribution in [3.8, 4) is 5.69 Å². The summed E-state index contributed by atoms with van der Waals surface area (Å²) in [5, 5.41) is 7.97. The average Bonchev–Trinajstić information content (AvgIpc) is 3.24. The summed E-state index contributed by atoms with van der Waals surface area (Å²) in [5.41, 5.74) is 0.267. The highest BCUT2D eigenvalue weighted by Crippen LogP contribution is 2.29. The third kappa shape index (κ3) is 4.05. The van der Waals surface area contributed by atoms with E-state index in [0.717, 1.165) is 18.0 Å². The van der Waals surface area contributed by atoms with E-state index in [1.807, 2.05) is 35.2 Å². The molecule has 0 bridgehead atoms. The molecule has 2 aromatic heterocycles. The molecule has 150 valence electrons. The number of para-hydroxylation sites is 1. The van der Waals surface area contributed by atoms with Crippen molar-refractivity contribution in [1.82, 2.24) is 24.9 Å². The Bertz CT molecular complexity index is 979. The lowest BCUT2D eigenvalue weighted by molar-refractivity contribution is -0.137. The summed E-state index contributed by atoms with van der Waals surface area (Å²) >= 11 is 0. The van der Waals surface area contributed by atoms with Crippen LogP contribution in [0.3, 0.4) is 0 Å². The van der Waals surface area contributed by atoms with Gasteiger partial charge < -0.3 is 9.80 Å². The molecule has 1 saturated heterocycles. The molecular formula is C19H17F3N6O. The minimum absolute atomic E-state index is 0.229. The molecule has 0 atom stereocenters. The normalized spacial score (nSPS) is 14.9. The summed E-state index contributed by atoms with van der Waals surface area (Å²) in [6, 6.07) is 11.7. The molecule has 1 amide bonds. The van der Waals surface area contributed by atoms with Crippen molar-refractivity contribution in [2.75, 3.05) is 31.1 Å². The molecule has 0 radical (unpaired) electrons. The number of benzene rings is 1. The fraction of sp³-hybridized carbons (Fsp3) is 0.263. The van der Waals surface area contributed by atoms with E-state index < -0.39 is 11.7 Å². The largest absolute Gasteiger partial charge is 0.417 e. The Balaban J connectivity index is 1.38. The van der Waals surface area contributed by atoms with Crippen molar-refractivity contribution in [2.24, 2.45) is 0 Å². The van der Waals surface area contributed by atoms with Gasteiger partial charge in [0.05, 0.1) is 17.4 Å². The van der Waals surface area contributed by atoms with E-state index >= 15 is 0 Å². The number of hydrogen-bond donors (Lipinski definition) is 0. The zero-order valence-electron chi connectivity index (χ0n) is 15.3. The Morgan fingerprint density at radius 1 is 0.966 bits per heavy atom. The second-order valence-electron chi connectivity index (χ2n) is 6.57. The highest BCUT2D eigenvalue weighted by atomic mass is 19.4. The van der Waals surface area contributed by atoms with Gasteiger partial charge in [-0.2, -0.15) is 13.2 Å². The van der Waals surface area contributed by atoms with Gasteiger partial charge in [-0.3, -0.25) is 4.79 Å². The number of halogens is 3. The van der Waals surface area contributed by atoms with Crippen molar-refractivity contribution in [2.45, 2.75) is 6.18 Å². The highest BCUT2D eigenvalue weighted by molar-refractivity contribution is 5.92. The number of piperazine rings is 1. The molecule has 29 heavy (non-hydrogen) atoms. The second kappa shape index (κ2) is 7.53. The van der Waals surface area contributed by atoms with Crippen molar-refractivity contribution in [3.63, 3.8) is 0 Å². The van der Waals surface area contributed by atoms with E-state index in [1.165, 1.54) is 10.7 Å². The van der Waals surface area contributed by atoms with E-state index in [2.05, 4.69) is 15.3 Å². The molecule has 1 aliphatic rings. The number of anilines is 1. The molecule has 4 rings (SSSR count). The molecule has 1 aliphatic heterocycles. The summed E-state index contributed by atoms with van der Waals surface area (Å²) in [6.45, 7) is 1.77. The Hall–Kier alpha value is -3.43. The molecule has 1 aromatic carbocycles. The zero-order valence-corrected chi connectivity index (χ0v) is 15.3. The quantitative estimate of drug-likeness (QED) is 0.674. The number of alkyl halides is 3. The molecule has 0 aliphatic carbocycles. The molecule has 0 spiro atoms. The van der Waals surface area contributed by atoms with E-state index in [1.54, 1.807) is 11.1 Å². The average molecular weight is 402 g/mol. The van der Waals surface area contributed by atoms with Crippen LogP contribution in [0, 0.1) is 0 Å². The van der Waals surface area contributed by atoms with E-state index in [-0.39, 0.29) is 11.6 Å². The summed E-state index contributed by atoms with van der Waals surface area (Å²) in [5.74, 6) is 0.229. The number of carbonyl (C=O) groups excluding carboxylic acids is 1. The SMILES string of the molecule is O=C(c1cn(-c2ccccc2)nn1)N1CCN(c2ccc(C(F)(F)F)cn2)CC1. The number of pyridine rings is 1. The van der Waals surface area contributed by atoms with Crippen LogP contribution < -0.4 is 4.90 Å². The smallest absolute Gasteiger partial charge is 0.353 e. The van der Waals surface area contributed by atoms with E-state index in [9.17, 15) is 18.0 Å². The molecule has 3 heterocycles. The Morgan fingerprint density at radius 3 is 2.31 bits per heavy atom. The lowest BCUT2D eigenvalue weighted by Crippen LogP contribution is -2.49. The fourth-order valence-electron chi connectivity index (χ4n) is 3.11. The van der Waals surface area contributed by atoms with Gasteiger partial charge in [-0.25, -0.2) is 9.67 Å². The van der Waals surface area contributed by atoms with Crippen LogP contribution in [-0.4, -0.2) is 57.0 Å². The first-order chi connectivity index (χ1) is 13.9. The van der Waals surface area contributed by atoms with Crippen molar-refractivity contribution in [1.29, 1.82) is 0 Å². The third-order valence-corrected chi connectivity index (χ3v) is 4.70. The van der Waals surface area contributed by atoms with E-state index in [4.69, 9.17) is 0 Å². The Labute approximate surface area is 164 Å². The van der Waals surface area contributed by atoms with Crippen LogP contribution in [0.25, 0.3) is 5.69 Å². The lowest BCUT2D eigenvalue weighted by Gasteiger charge is -2.35. The van der Waals surface area contributed by atoms with Gasteiger partial charge in [0.1, 0.15) is 5.82 Å². The Morgan fingerprint density at radius 2 is 1.69 bits per heavy atom. The van der Waals surface area contributed by atoms with Crippen molar-refractivity contribution < 1.29 is 18.0 Å². The molecule has 0 N–H and O–H groups in total. The van der Waals surface area contributed by atoms with Gasteiger partial charge in [-0.05, 0) is 24.3 Å². The Kier molecular flexibility index (Phi) is 4.91. The number of carbonyl (C=O) groups is 1. The minimum Gasteiger partial charge on any atom is -0.353 e. The maximum absolute atomic E-state index is 12.7. The molecular weight excluding hydrogens is 385 g/mol. The number of amides is 1. The van der Waals surface area contributed by atoms with Crippen molar-refractivity contribution >= 4 is 11.7 Å². The summed E-state index contributed by atoms with van der Waals surface area (Å²) < 4.78 is 39.5. The van der Waals surface area contributed by atoms with Crippen LogP contribution in [0.15, 0.2) is 54.9 Å². The molecule has 0 unspecified atom stereocenters. The third-order valence-electron chi connectivity index (χ3n) is 4.70. The summed E-state index contributed by atoms with van der Waals surface area (Å²) in [7, 11) is 0. The van der Waals surface area contributed by atoms with Gasteiger partial charge in [0.15, 0.2) is 5.69 Å². The highest BCUT2D eigenvalue weighted by Gasteiger charge is 2.31. The first-order valence-electron chi connectivity index (χ1n) is 8.97. The fourth-order valence-corrected chi connectivity index (χ4v) is 3.11. The molecule has 10 heteroatoms. The number of aromatic nitrogens is 4. The van der Waals surface area contributed by atoms with E-state index in [0.29, 0.717) is 32.0 Å². The van der Waals surface area contributed by atoms with Crippen LogP contribution in [0.4, 0.5) is 19.0 Å². The molecule has 7 nitrogen and oxygen atoms in total. The maximum atomic E-state index is 12.7. The number of hydrogen-bond acceptors (Lipinski definition) is 5. The topological polar surface area (TPSA) is 67.2 Å². The van der Waals surface area contributed by atoms with Crippen LogP contribution in [-0.2, 0) is 6.18 Å². The second-order valence-corrected chi connectivity index (χ2v) is 6.57. The van der Waals surface area contributed by atoms with Crippen LogP contribution in [0.5, 0.6) is 0 Å². The van der Waals surface area contributed by atoms with Gasteiger partial charge in [-0.1, -0.05) is 23.4 Å². The van der Waals surface area contributed by atoms with Gasteiger partial charge in [0.2, 0.25) is 0 Å². The molecule has 3 aromatic rings. The first-order valence-corrected chi connectivity index (χ1v) is 8.97. The number of nitrogens with zero attached hydrogens (tertiary/aromatic N) is 6. The molecule has 0 saturated carbocycles. The standard InChI is InChI=1S/C19H17F3N6O/c20-19(21,22)14-6-7-17(23-12-14)26-8-10-27(11-9-26)18(29)16-13-28(25-24-16)15-4-2-1-3-5-15/h1-7,12-13H,8-11H2. The minimum atomic E-state index is -4.41. The van der Waals surface area contributed by atoms with Gasteiger partial charge in [0.25, 0.3) is 5.91 Å². The van der Waals surface area contributed by atoms with Gasteiger partial charge in [-0.15, -0.1) is 5.10 Å². The zero-order chi connectivity index (χ0) is 20.4. The van der Waals surface area contributed by atoms with Gasteiger partial charge in [0, 0.05) is 32.4 Å². The van der Waals surface area contributed by atoms with Crippen LogP contribution >= 0.6 is 0 Å². The van der Waals surface area contributed by atoms with Crippen LogP contribution in [0.1, 0.15) is 16.1 Å². The molecule has 1 fully saturated rings. The predicted octanol–water partition coefficient (Wildman–Crippen LogP) is 2.64. The lowest BCUT2D eigenvalue weighted by atomic mass is 10.2. The summed E-state index contributed by atoms with van der Waals surface area (Å²) in [4.78, 5) is 20.1. The van der Waals surface area contributed by atoms with Crippen LogP contribution in [0.2, 0.25) is 0 Å². The predicted molar refractivity (Wildman–Crippen MR) is 98.7 cm³/mol. The van der Waals surface area contributed by atoms with Crippen molar-refractivity contribution in [3.05, 3.63) is 66.1 Å².